The molecule has 0 saturated carbocycles. The minimum Gasteiger partial charge on any atom is -0.493 e. The molecule has 0 aliphatic carbocycles. The van der Waals surface area contributed by atoms with E-state index in [2.05, 4.69) is 10.3 Å². The van der Waals surface area contributed by atoms with E-state index in [1.807, 2.05) is 12.1 Å². The van der Waals surface area contributed by atoms with E-state index >= 15 is 0 Å². The standard InChI is InChI=1S/C23H23FN2O4/c1-14-8-9-16(12-19(14)24)26-23-18(22(27)25-13-17-6-4-10-29-17)11-15-5-3-7-20(28-2)21(15)30-23/h3,5,7-9,11-12,17H,4,6,10,13H2,1-2H3,(H,25,27)/t17-/m1/s1. The van der Waals surface area contributed by atoms with Crippen molar-refractivity contribution in [3.63, 3.8) is 0 Å². The fourth-order valence-electron chi connectivity index (χ4n) is 3.41. The maximum atomic E-state index is 14.0. The number of rotatable bonds is 5. The first kappa shape index (κ1) is 20.1. The molecule has 1 aliphatic heterocycles. The number of amides is 1. The molecule has 0 bridgehead atoms. The number of para-hydroxylation sites is 1. The highest BCUT2D eigenvalue weighted by Crippen LogP contribution is 2.25. The van der Waals surface area contributed by atoms with Crippen molar-refractivity contribution in [2.75, 3.05) is 20.3 Å². The van der Waals surface area contributed by atoms with Crippen molar-refractivity contribution in [3.8, 4) is 5.75 Å². The first-order valence-electron chi connectivity index (χ1n) is 9.86. The molecule has 156 valence electrons. The molecular formula is C23H23FN2O4. The second-order valence-corrected chi connectivity index (χ2v) is 7.23. The summed E-state index contributed by atoms with van der Waals surface area (Å²) in [5, 5.41) is 3.59. The van der Waals surface area contributed by atoms with Crippen molar-refractivity contribution in [2.45, 2.75) is 25.9 Å². The zero-order valence-electron chi connectivity index (χ0n) is 16.9. The van der Waals surface area contributed by atoms with Crippen molar-refractivity contribution < 1.29 is 23.1 Å². The van der Waals surface area contributed by atoms with Gasteiger partial charge in [-0.25, -0.2) is 9.38 Å². The van der Waals surface area contributed by atoms with Gasteiger partial charge >= 0.3 is 0 Å². The molecule has 6 nitrogen and oxygen atoms in total. The minimum atomic E-state index is -0.376. The van der Waals surface area contributed by atoms with Crippen molar-refractivity contribution in [1.82, 2.24) is 5.32 Å². The molecule has 1 aliphatic rings. The summed E-state index contributed by atoms with van der Waals surface area (Å²) < 4.78 is 30.9. The first-order valence-corrected chi connectivity index (χ1v) is 9.86. The number of fused-ring (bicyclic) bond motifs is 1. The van der Waals surface area contributed by atoms with Gasteiger partial charge in [-0.1, -0.05) is 18.2 Å². The van der Waals surface area contributed by atoms with Gasteiger partial charge in [0.05, 0.1) is 18.9 Å². The molecule has 1 aromatic heterocycles. The number of hydrogen-bond acceptors (Lipinski definition) is 5. The number of nitrogens with zero attached hydrogens (tertiary/aromatic N) is 1. The Balaban J connectivity index is 1.79. The molecule has 1 saturated heterocycles. The zero-order valence-corrected chi connectivity index (χ0v) is 16.9. The van der Waals surface area contributed by atoms with Gasteiger partial charge in [0.2, 0.25) is 5.55 Å². The maximum absolute atomic E-state index is 14.0. The third kappa shape index (κ3) is 4.21. The van der Waals surface area contributed by atoms with Gasteiger partial charge in [0.1, 0.15) is 11.4 Å². The predicted molar refractivity (Wildman–Crippen MR) is 110 cm³/mol. The van der Waals surface area contributed by atoms with E-state index in [0.717, 1.165) is 12.8 Å². The van der Waals surface area contributed by atoms with Crippen LogP contribution in [0.1, 0.15) is 28.8 Å². The van der Waals surface area contributed by atoms with E-state index in [1.54, 1.807) is 38.3 Å². The van der Waals surface area contributed by atoms with Gasteiger partial charge in [-0.05, 0) is 49.6 Å². The monoisotopic (exact) mass is 410 g/mol. The van der Waals surface area contributed by atoms with Gasteiger partial charge in [-0.3, -0.25) is 4.79 Å². The second kappa shape index (κ2) is 8.67. The number of ether oxygens (including phenoxy) is 2. The van der Waals surface area contributed by atoms with Crippen LogP contribution < -0.4 is 15.6 Å². The van der Waals surface area contributed by atoms with E-state index in [4.69, 9.17) is 13.9 Å². The van der Waals surface area contributed by atoms with Gasteiger partial charge in [0.15, 0.2) is 11.3 Å². The maximum Gasteiger partial charge on any atom is 0.256 e. The summed E-state index contributed by atoms with van der Waals surface area (Å²) in [5.74, 6) is -0.186. The van der Waals surface area contributed by atoms with Crippen LogP contribution >= 0.6 is 0 Å². The van der Waals surface area contributed by atoms with Crippen LogP contribution in [0.5, 0.6) is 5.75 Å². The number of carbonyl (C=O) groups excluding carboxylic acids is 1. The Hall–Kier alpha value is -3.19. The Morgan fingerprint density at radius 3 is 2.90 bits per heavy atom. The molecule has 0 unspecified atom stereocenters. The number of methoxy groups -OCH3 is 1. The smallest absolute Gasteiger partial charge is 0.256 e. The Bertz CT molecular complexity index is 1150. The van der Waals surface area contributed by atoms with Gasteiger partial charge < -0.3 is 19.2 Å². The van der Waals surface area contributed by atoms with Crippen LogP contribution in [0.25, 0.3) is 11.0 Å². The van der Waals surface area contributed by atoms with E-state index in [-0.39, 0.29) is 28.9 Å². The number of hydrogen-bond donors (Lipinski definition) is 1. The lowest BCUT2D eigenvalue weighted by atomic mass is 10.1. The lowest BCUT2D eigenvalue weighted by Crippen LogP contribution is -2.34. The average molecular weight is 410 g/mol. The van der Waals surface area contributed by atoms with Crippen LogP contribution in [0.4, 0.5) is 10.1 Å². The quantitative estimate of drug-likeness (QED) is 0.689. The number of nitrogens with one attached hydrogen (secondary N) is 1. The van der Waals surface area contributed by atoms with E-state index < -0.39 is 0 Å². The van der Waals surface area contributed by atoms with Crippen LogP contribution in [0.15, 0.2) is 51.9 Å². The topological polar surface area (TPSA) is 73.1 Å². The van der Waals surface area contributed by atoms with Crippen molar-refractivity contribution in [3.05, 3.63) is 65.0 Å². The number of benzene rings is 2. The molecule has 2 aromatic carbocycles. The molecule has 30 heavy (non-hydrogen) atoms. The first-order chi connectivity index (χ1) is 14.5. The summed E-state index contributed by atoms with van der Waals surface area (Å²) in [6, 6.07) is 11.7. The fourth-order valence-corrected chi connectivity index (χ4v) is 3.41. The molecule has 4 rings (SSSR count). The molecule has 0 spiro atoms. The summed E-state index contributed by atoms with van der Waals surface area (Å²) in [7, 11) is 1.54. The van der Waals surface area contributed by atoms with Gasteiger partial charge in [0.25, 0.3) is 5.91 Å². The van der Waals surface area contributed by atoms with Crippen molar-refractivity contribution in [2.24, 2.45) is 4.99 Å². The normalized spacial score (nSPS) is 16.8. The summed E-state index contributed by atoms with van der Waals surface area (Å²) in [6.45, 7) is 2.80. The number of carbonyl (C=O) groups is 1. The van der Waals surface area contributed by atoms with Crippen LogP contribution in [0, 0.1) is 12.7 Å². The van der Waals surface area contributed by atoms with Crippen molar-refractivity contribution in [1.29, 1.82) is 0 Å². The van der Waals surface area contributed by atoms with Crippen LogP contribution in [0.2, 0.25) is 0 Å². The van der Waals surface area contributed by atoms with E-state index in [0.29, 0.717) is 41.1 Å². The highest BCUT2D eigenvalue weighted by atomic mass is 19.1. The fraction of sp³-hybridized carbons (Fsp3) is 0.304. The highest BCUT2D eigenvalue weighted by Gasteiger charge is 2.19. The Kier molecular flexibility index (Phi) is 5.81. The lowest BCUT2D eigenvalue weighted by molar-refractivity contribution is 0.0854. The van der Waals surface area contributed by atoms with Gasteiger partial charge in [-0.15, -0.1) is 0 Å². The predicted octanol–water partition coefficient (Wildman–Crippen LogP) is 4.03. The Labute approximate surface area is 173 Å². The molecule has 1 N–H and O–H groups in total. The molecule has 7 heteroatoms. The van der Waals surface area contributed by atoms with Crippen molar-refractivity contribution >= 4 is 22.6 Å². The summed E-state index contributed by atoms with van der Waals surface area (Å²) in [5.41, 5.74) is 1.67. The molecule has 1 atom stereocenters. The van der Waals surface area contributed by atoms with E-state index in [9.17, 15) is 9.18 Å². The summed E-state index contributed by atoms with van der Waals surface area (Å²) in [6.07, 6.45) is 1.92. The second-order valence-electron chi connectivity index (χ2n) is 7.23. The number of aryl methyl sites for hydroxylation is 1. The Morgan fingerprint density at radius 2 is 2.17 bits per heavy atom. The SMILES string of the molecule is COc1cccc2cc(C(=O)NC[C@H]3CCCO3)c(=Nc3ccc(C)c(F)c3)oc12. The Morgan fingerprint density at radius 1 is 1.30 bits per heavy atom. The lowest BCUT2D eigenvalue weighted by Gasteiger charge is -2.12. The van der Waals surface area contributed by atoms with Crippen LogP contribution in [-0.4, -0.2) is 32.3 Å². The van der Waals surface area contributed by atoms with E-state index in [1.165, 1.54) is 6.07 Å². The largest absolute Gasteiger partial charge is 0.493 e. The minimum absolute atomic E-state index is 0.0121. The molecular weight excluding hydrogens is 387 g/mol. The highest BCUT2D eigenvalue weighted by molar-refractivity contribution is 5.97. The third-order valence-corrected chi connectivity index (χ3v) is 5.10. The average Bonchev–Trinajstić information content (AvgIpc) is 3.27. The molecule has 1 amide bonds. The van der Waals surface area contributed by atoms with Gasteiger partial charge in [0, 0.05) is 18.5 Å². The molecule has 3 aromatic rings. The zero-order chi connectivity index (χ0) is 21.1. The molecule has 1 fully saturated rings. The molecule has 2 heterocycles. The molecule has 0 radical (unpaired) electrons. The van der Waals surface area contributed by atoms with Crippen LogP contribution in [-0.2, 0) is 4.74 Å². The summed E-state index contributed by atoms with van der Waals surface area (Å²) >= 11 is 0. The van der Waals surface area contributed by atoms with Crippen LogP contribution in [0.3, 0.4) is 0 Å². The number of halogens is 1. The van der Waals surface area contributed by atoms with Gasteiger partial charge in [-0.2, -0.15) is 0 Å². The summed E-state index contributed by atoms with van der Waals surface area (Å²) in [4.78, 5) is 17.4. The third-order valence-electron chi connectivity index (χ3n) is 5.10.